The summed E-state index contributed by atoms with van der Waals surface area (Å²) in [5.74, 6) is 0.703. The zero-order chi connectivity index (χ0) is 12.6. The number of aromatic nitrogens is 2. The molecule has 0 aliphatic carbocycles. The van der Waals surface area contributed by atoms with Crippen LogP contribution in [-0.2, 0) is 6.98 Å². The molecule has 0 saturated heterocycles. The maximum absolute atomic E-state index is 7.51. The predicted octanol–water partition coefficient (Wildman–Crippen LogP) is 1.92. The minimum Gasteiger partial charge on any atom is -0.234 e. The molecule has 0 unspecified atom stereocenters. The number of benzene rings is 1. The molecule has 2 nitrogen and oxygen atoms in total. The highest BCUT2D eigenvalue weighted by atomic mass is 15.1. The Balaban J connectivity index is 2.60. The zero-order valence-electron chi connectivity index (χ0n) is 11.4. The normalized spacial score (nSPS) is 14.6. The zero-order valence-corrected chi connectivity index (χ0v) is 8.36. The second-order valence-electron chi connectivity index (χ2n) is 3.36. The molecule has 1 heterocycles. The third-order valence-electron chi connectivity index (χ3n) is 2.38. The largest absolute Gasteiger partial charge is 0.258 e. The Bertz CT molecular complexity index is 527. The summed E-state index contributed by atoms with van der Waals surface area (Å²) in [6.07, 6.45) is 1.84. The number of hydrogen-bond acceptors (Lipinski definition) is 0. The lowest BCUT2D eigenvalue weighted by molar-refractivity contribution is -0.602. The Labute approximate surface area is 88.6 Å². The number of rotatable bonds is 1. The Morgan fingerprint density at radius 3 is 2.50 bits per heavy atom. The molecule has 0 aliphatic rings. The van der Waals surface area contributed by atoms with Crippen molar-refractivity contribution in [1.82, 2.24) is 4.57 Å². The third kappa shape index (κ3) is 1.33. The van der Waals surface area contributed by atoms with Gasteiger partial charge in [-0.3, -0.25) is 0 Å². The summed E-state index contributed by atoms with van der Waals surface area (Å²) in [5.41, 5.74) is 1.70. The fourth-order valence-electron chi connectivity index (χ4n) is 1.55. The van der Waals surface area contributed by atoms with E-state index in [0.29, 0.717) is 5.82 Å². The van der Waals surface area contributed by atoms with Crippen molar-refractivity contribution < 1.29 is 8.68 Å². The van der Waals surface area contributed by atoms with Gasteiger partial charge in [0, 0.05) is 13.8 Å². The van der Waals surface area contributed by atoms with Crippen molar-refractivity contribution in [1.29, 1.82) is 0 Å². The maximum atomic E-state index is 7.51. The van der Waals surface area contributed by atoms with Gasteiger partial charge < -0.3 is 0 Å². The van der Waals surface area contributed by atoms with Gasteiger partial charge in [0.05, 0.1) is 11.1 Å². The van der Waals surface area contributed by atoms with E-state index in [1.165, 1.54) is 4.57 Å². The van der Waals surface area contributed by atoms with Crippen molar-refractivity contribution >= 4 is 0 Å². The molecule has 14 heavy (non-hydrogen) atoms. The molecular formula is C12H15N2+. The molecule has 2 heteroatoms. The molecule has 0 amide bonds. The van der Waals surface area contributed by atoms with Crippen molar-refractivity contribution in [2.75, 3.05) is 0 Å². The average Bonchev–Trinajstić information content (AvgIpc) is 2.54. The van der Waals surface area contributed by atoms with Gasteiger partial charge in [0.25, 0.3) is 5.82 Å². The molecule has 0 N–H and O–H groups in total. The first-order valence-corrected chi connectivity index (χ1v) is 4.58. The summed E-state index contributed by atoms with van der Waals surface area (Å²) in [4.78, 5) is 0. The minimum absolute atomic E-state index is 0.703. The highest BCUT2D eigenvalue weighted by Crippen LogP contribution is 2.04. The van der Waals surface area contributed by atoms with Crippen LogP contribution in [0.1, 0.15) is 15.6 Å². The van der Waals surface area contributed by atoms with Gasteiger partial charge in [0.2, 0.25) is 0 Å². The highest BCUT2D eigenvalue weighted by molar-refractivity contribution is 5.22. The molecule has 0 atom stereocenters. The Morgan fingerprint density at radius 2 is 1.93 bits per heavy atom. The summed E-state index contributed by atoms with van der Waals surface area (Å²) in [6.45, 7) is 1.49. The van der Waals surface area contributed by atoms with Crippen LogP contribution in [0.2, 0.25) is 0 Å². The van der Waals surface area contributed by atoms with Gasteiger partial charge >= 0.3 is 0 Å². The summed E-state index contributed by atoms with van der Waals surface area (Å²) in [5, 5.41) is 0. The van der Waals surface area contributed by atoms with E-state index in [2.05, 4.69) is 0 Å². The van der Waals surface area contributed by atoms with Crippen molar-refractivity contribution in [3.05, 3.63) is 48.0 Å². The molecule has 72 valence electrons. The van der Waals surface area contributed by atoms with E-state index < -0.39 is 6.98 Å². The topological polar surface area (TPSA) is 8.81 Å². The van der Waals surface area contributed by atoms with Gasteiger partial charge in [-0.2, -0.15) is 4.57 Å². The predicted molar refractivity (Wildman–Crippen MR) is 56.4 cm³/mol. The summed E-state index contributed by atoms with van der Waals surface area (Å²) in [6, 6.07) is 9.72. The summed E-state index contributed by atoms with van der Waals surface area (Å²) in [7, 11) is 0. The van der Waals surface area contributed by atoms with Gasteiger partial charge in [-0.15, -0.1) is 0 Å². The van der Waals surface area contributed by atoms with E-state index in [0.717, 1.165) is 11.4 Å². The molecule has 0 radical (unpaired) electrons. The standard InChI is InChI=1S/C12H15N2/c1-10-9-14(11(2)13(10)3)12-7-5-4-6-8-12/h4-9H,1-3H3/q+1/i3D3. The number of para-hydroxylation sites is 1. The van der Waals surface area contributed by atoms with E-state index in [-0.39, 0.29) is 0 Å². The van der Waals surface area contributed by atoms with Gasteiger partial charge in [-0.25, -0.2) is 4.57 Å². The molecule has 2 aromatic rings. The van der Waals surface area contributed by atoms with Gasteiger partial charge in [0.1, 0.15) is 17.6 Å². The van der Waals surface area contributed by atoms with Crippen LogP contribution < -0.4 is 4.57 Å². The van der Waals surface area contributed by atoms with Gasteiger partial charge in [-0.1, -0.05) is 18.2 Å². The third-order valence-corrected chi connectivity index (χ3v) is 2.38. The Morgan fingerprint density at radius 1 is 1.21 bits per heavy atom. The van der Waals surface area contributed by atoms with Crippen molar-refractivity contribution in [2.45, 2.75) is 13.8 Å². The second kappa shape index (κ2) is 3.29. The molecule has 0 saturated carbocycles. The maximum Gasteiger partial charge on any atom is 0.258 e. The fraction of sp³-hybridized carbons (Fsp3) is 0.250. The first-order valence-electron chi connectivity index (χ1n) is 6.08. The molecule has 1 aromatic carbocycles. The lowest BCUT2D eigenvalue weighted by atomic mass is 10.3. The molecular weight excluding hydrogens is 172 g/mol. The minimum atomic E-state index is -2.13. The van der Waals surface area contributed by atoms with Crippen molar-refractivity contribution in [3.63, 3.8) is 0 Å². The van der Waals surface area contributed by atoms with Crippen LogP contribution in [0.15, 0.2) is 36.5 Å². The highest BCUT2D eigenvalue weighted by Gasteiger charge is 2.14. The number of aryl methyl sites for hydroxylation is 1. The van der Waals surface area contributed by atoms with Crippen LogP contribution in [0.4, 0.5) is 0 Å². The quantitative estimate of drug-likeness (QED) is 0.607. The van der Waals surface area contributed by atoms with Crippen LogP contribution in [0, 0.1) is 13.8 Å². The van der Waals surface area contributed by atoms with Crippen molar-refractivity contribution in [3.8, 4) is 5.69 Å². The summed E-state index contributed by atoms with van der Waals surface area (Å²) < 4.78 is 25.8. The average molecular weight is 190 g/mol. The molecule has 0 spiro atoms. The van der Waals surface area contributed by atoms with E-state index in [1.54, 1.807) is 6.92 Å². The van der Waals surface area contributed by atoms with Gasteiger partial charge in [0.15, 0.2) is 0 Å². The molecule has 1 aromatic heterocycles. The van der Waals surface area contributed by atoms with E-state index in [1.807, 2.05) is 48.0 Å². The van der Waals surface area contributed by atoms with E-state index in [4.69, 9.17) is 4.11 Å². The number of imidazole rings is 1. The van der Waals surface area contributed by atoms with Crippen molar-refractivity contribution in [2.24, 2.45) is 6.98 Å². The van der Waals surface area contributed by atoms with Crippen LogP contribution in [0.25, 0.3) is 5.69 Å². The molecule has 0 aliphatic heterocycles. The lowest BCUT2D eigenvalue weighted by Gasteiger charge is -1.96. The Kier molecular flexibility index (Phi) is 1.42. The second-order valence-corrected chi connectivity index (χ2v) is 3.36. The first kappa shape index (κ1) is 6.02. The van der Waals surface area contributed by atoms with Crippen LogP contribution in [-0.4, -0.2) is 4.57 Å². The van der Waals surface area contributed by atoms with Gasteiger partial charge in [-0.05, 0) is 12.1 Å². The smallest absolute Gasteiger partial charge is 0.234 e. The number of hydrogen-bond donors (Lipinski definition) is 0. The van der Waals surface area contributed by atoms with Crippen LogP contribution in [0.3, 0.4) is 0 Å². The monoisotopic (exact) mass is 190 g/mol. The summed E-state index contributed by atoms with van der Waals surface area (Å²) >= 11 is 0. The van der Waals surface area contributed by atoms with E-state index >= 15 is 0 Å². The van der Waals surface area contributed by atoms with E-state index in [9.17, 15) is 0 Å². The Hall–Kier alpha value is -1.57. The molecule has 0 bridgehead atoms. The fourth-order valence-corrected chi connectivity index (χ4v) is 1.55. The molecule has 0 fully saturated rings. The lowest BCUT2D eigenvalue weighted by Crippen LogP contribution is -2.32. The SMILES string of the molecule is [2H]C([2H])([2H])n1c(C)c[n+](-c2ccccc2)c1C. The van der Waals surface area contributed by atoms with Crippen LogP contribution in [0.5, 0.6) is 0 Å². The first-order chi connectivity index (χ1) is 7.91. The van der Waals surface area contributed by atoms with Crippen LogP contribution >= 0.6 is 0 Å². The molecule has 2 rings (SSSR count). The number of nitrogens with zero attached hydrogens (tertiary/aromatic N) is 2.